The van der Waals surface area contributed by atoms with Gasteiger partial charge in [0.05, 0.1) is 47.1 Å². The van der Waals surface area contributed by atoms with E-state index >= 15 is 0 Å². The highest BCUT2D eigenvalue weighted by Gasteiger charge is 2.33. The molecule has 9 heteroatoms. The van der Waals surface area contributed by atoms with Crippen LogP contribution >= 0.6 is 27.3 Å². The zero-order valence-electron chi connectivity index (χ0n) is 20.0. The molecule has 0 saturated carbocycles. The Morgan fingerprint density at radius 1 is 1.14 bits per heavy atom. The largest absolute Gasteiger partial charge is 0.496 e. The van der Waals surface area contributed by atoms with Crippen LogP contribution in [0.5, 0.6) is 11.5 Å². The first-order valence-electron chi connectivity index (χ1n) is 11.0. The molecule has 0 saturated heterocycles. The van der Waals surface area contributed by atoms with Crippen LogP contribution in [-0.4, -0.2) is 31.4 Å². The van der Waals surface area contributed by atoms with Crippen LogP contribution in [-0.2, 0) is 9.53 Å². The van der Waals surface area contributed by atoms with E-state index < -0.39 is 12.0 Å². The fourth-order valence-corrected chi connectivity index (χ4v) is 5.64. The summed E-state index contributed by atoms with van der Waals surface area (Å²) in [7, 11) is 3.20. The van der Waals surface area contributed by atoms with Crippen molar-refractivity contribution in [1.29, 1.82) is 0 Å². The lowest BCUT2D eigenvalue weighted by molar-refractivity contribution is -0.139. The van der Waals surface area contributed by atoms with E-state index in [1.54, 1.807) is 38.7 Å². The van der Waals surface area contributed by atoms with E-state index in [9.17, 15) is 9.59 Å². The SMILES string of the molecule is CCOC(=O)C1=C(C)N=c2s/c(=C/c3ccc(C)c(OC)c3)c(=O)n2[C@@H]1c1ccc(OC)c(Br)c1. The highest BCUT2D eigenvalue weighted by Crippen LogP contribution is 2.35. The number of aryl methyl sites for hydroxylation is 1. The molecule has 0 radical (unpaired) electrons. The first-order valence-corrected chi connectivity index (χ1v) is 12.6. The molecule has 2 heterocycles. The van der Waals surface area contributed by atoms with Gasteiger partial charge in [-0.05, 0) is 77.7 Å². The molecule has 0 fully saturated rings. The molecule has 0 N–H and O–H groups in total. The second-order valence-corrected chi connectivity index (χ2v) is 9.79. The summed E-state index contributed by atoms with van der Waals surface area (Å²) in [6.45, 7) is 5.69. The highest BCUT2D eigenvalue weighted by atomic mass is 79.9. The minimum atomic E-state index is -0.692. The summed E-state index contributed by atoms with van der Waals surface area (Å²) in [5.74, 6) is 0.893. The van der Waals surface area contributed by atoms with Gasteiger partial charge in [0.25, 0.3) is 5.56 Å². The Hall–Kier alpha value is -3.17. The Balaban J connectivity index is 1.95. The van der Waals surface area contributed by atoms with Gasteiger partial charge in [0.15, 0.2) is 4.80 Å². The van der Waals surface area contributed by atoms with Crippen molar-refractivity contribution < 1.29 is 19.0 Å². The van der Waals surface area contributed by atoms with Crippen molar-refractivity contribution in [3.8, 4) is 11.5 Å². The van der Waals surface area contributed by atoms with Gasteiger partial charge in [0.2, 0.25) is 0 Å². The summed E-state index contributed by atoms with van der Waals surface area (Å²) in [5, 5.41) is 0. The van der Waals surface area contributed by atoms with Gasteiger partial charge in [-0.2, -0.15) is 0 Å². The van der Waals surface area contributed by atoms with Crippen molar-refractivity contribution in [2.75, 3.05) is 20.8 Å². The Bertz CT molecular complexity index is 1520. The van der Waals surface area contributed by atoms with Crippen LogP contribution in [0, 0.1) is 6.92 Å². The third-order valence-corrected chi connectivity index (χ3v) is 7.34. The smallest absolute Gasteiger partial charge is 0.338 e. The van der Waals surface area contributed by atoms with Crippen molar-refractivity contribution in [3.05, 3.63) is 88.5 Å². The maximum Gasteiger partial charge on any atom is 0.338 e. The minimum absolute atomic E-state index is 0.217. The molecule has 0 bridgehead atoms. The monoisotopic (exact) mass is 556 g/mol. The molecular weight excluding hydrogens is 532 g/mol. The number of hydrogen-bond acceptors (Lipinski definition) is 7. The van der Waals surface area contributed by atoms with Crippen LogP contribution in [0.15, 0.2) is 61.9 Å². The number of carbonyl (C=O) groups is 1. The molecule has 1 aliphatic heterocycles. The first-order chi connectivity index (χ1) is 16.8. The lowest BCUT2D eigenvalue weighted by atomic mass is 9.96. The quantitative estimate of drug-likeness (QED) is 0.430. The van der Waals surface area contributed by atoms with E-state index in [1.165, 1.54) is 11.3 Å². The molecular formula is C26H25BrN2O5S. The maximum atomic E-state index is 13.7. The fraction of sp³-hybridized carbons (Fsp3) is 0.269. The van der Waals surface area contributed by atoms with E-state index in [0.717, 1.165) is 22.4 Å². The summed E-state index contributed by atoms with van der Waals surface area (Å²) in [4.78, 5) is 31.8. The van der Waals surface area contributed by atoms with Crippen molar-refractivity contribution in [3.63, 3.8) is 0 Å². The van der Waals surface area contributed by atoms with Crippen molar-refractivity contribution >= 4 is 39.3 Å². The molecule has 4 rings (SSSR count). The van der Waals surface area contributed by atoms with Crippen LogP contribution in [0.4, 0.5) is 0 Å². The number of allylic oxidation sites excluding steroid dienone is 1. The zero-order valence-corrected chi connectivity index (χ0v) is 22.5. The highest BCUT2D eigenvalue weighted by molar-refractivity contribution is 9.10. The number of nitrogens with zero attached hydrogens (tertiary/aromatic N) is 2. The Morgan fingerprint density at radius 3 is 2.54 bits per heavy atom. The predicted octanol–water partition coefficient (Wildman–Crippen LogP) is 3.89. The number of aromatic nitrogens is 1. The summed E-state index contributed by atoms with van der Waals surface area (Å²) < 4.78 is 18.9. The average molecular weight is 557 g/mol. The number of carbonyl (C=O) groups excluding carboxylic acids is 1. The fourth-order valence-electron chi connectivity index (χ4n) is 4.04. The van der Waals surface area contributed by atoms with Gasteiger partial charge >= 0.3 is 5.97 Å². The molecule has 2 aromatic carbocycles. The summed E-state index contributed by atoms with van der Waals surface area (Å²) in [6, 6.07) is 10.6. The number of methoxy groups -OCH3 is 2. The van der Waals surface area contributed by atoms with Crippen LogP contribution in [0.2, 0.25) is 0 Å². The lowest BCUT2D eigenvalue weighted by Crippen LogP contribution is -2.39. The zero-order chi connectivity index (χ0) is 25.3. The third-order valence-electron chi connectivity index (χ3n) is 5.74. The third kappa shape index (κ3) is 4.70. The van der Waals surface area contributed by atoms with Crippen LogP contribution in [0.3, 0.4) is 0 Å². The molecule has 7 nitrogen and oxygen atoms in total. The molecule has 182 valence electrons. The minimum Gasteiger partial charge on any atom is -0.496 e. The number of fused-ring (bicyclic) bond motifs is 1. The predicted molar refractivity (Wildman–Crippen MR) is 139 cm³/mol. The standard InChI is InChI=1S/C26H25BrN2O5S/c1-6-34-25(31)22-15(3)28-26-29(23(22)17-9-10-19(32-4)18(27)13-17)24(30)21(35-26)12-16-8-7-14(2)20(11-16)33-5/h7-13,23H,6H2,1-5H3/b21-12+/t23-/m1/s1. The molecule has 1 aliphatic rings. The van der Waals surface area contributed by atoms with Gasteiger partial charge in [-0.1, -0.05) is 29.5 Å². The second-order valence-electron chi connectivity index (χ2n) is 7.93. The molecule has 35 heavy (non-hydrogen) atoms. The van der Waals surface area contributed by atoms with Crippen LogP contribution in [0.25, 0.3) is 6.08 Å². The van der Waals surface area contributed by atoms with Gasteiger partial charge in [-0.25, -0.2) is 9.79 Å². The van der Waals surface area contributed by atoms with E-state index in [-0.39, 0.29) is 12.2 Å². The Labute approximate surface area is 215 Å². The van der Waals surface area contributed by atoms with Crippen molar-refractivity contribution in [1.82, 2.24) is 4.57 Å². The Kier molecular flexibility index (Phi) is 7.28. The molecule has 0 spiro atoms. The average Bonchev–Trinajstić information content (AvgIpc) is 3.13. The first kappa shape index (κ1) is 24.9. The van der Waals surface area contributed by atoms with Gasteiger partial charge < -0.3 is 14.2 Å². The van der Waals surface area contributed by atoms with Crippen molar-refractivity contribution in [2.45, 2.75) is 26.8 Å². The number of esters is 1. The summed E-state index contributed by atoms with van der Waals surface area (Å²) >= 11 is 4.80. The normalized spacial score (nSPS) is 15.5. The van der Waals surface area contributed by atoms with E-state index in [0.29, 0.717) is 30.8 Å². The van der Waals surface area contributed by atoms with E-state index in [1.807, 2.05) is 43.3 Å². The van der Waals surface area contributed by atoms with Crippen molar-refractivity contribution in [2.24, 2.45) is 4.99 Å². The number of halogens is 1. The van der Waals surface area contributed by atoms with Gasteiger partial charge in [-0.3, -0.25) is 9.36 Å². The number of benzene rings is 2. The number of rotatable bonds is 6. The van der Waals surface area contributed by atoms with Gasteiger partial charge in [0.1, 0.15) is 11.5 Å². The van der Waals surface area contributed by atoms with Crippen LogP contribution in [0.1, 0.15) is 36.6 Å². The van der Waals surface area contributed by atoms with E-state index in [2.05, 4.69) is 20.9 Å². The van der Waals surface area contributed by atoms with Crippen LogP contribution < -0.4 is 24.4 Å². The second kappa shape index (κ2) is 10.2. The Morgan fingerprint density at radius 2 is 1.89 bits per heavy atom. The molecule has 1 atom stereocenters. The molecule has 1 aromatic heterocycles. The van der Waals surface area contributed by atoms with E-state index in [4.69, 9.17) is 14.2 Å². The number of ether oxygens (including phenoxy) is 3. The number of hydrogen-bond donors (Lipinski definition) is 0. The van der Waals surface area contributed by atoms with Gasteiger partial charge in [0, 0.05) is 0 Å². The molecule has 0 aliphatic carbocycles. The molecule has 0 unspecified atom stereocenters. The lowest BCUT2D eigenvalue weighted by Gasteiger charge is -2.25. The molecule has 0 amide bonds. The number of thiazole rings is 1. The molecule has 3 aromatic rings. The topological polar surface area (TPSA) is 79.1 Å². The summed E-state index contributed by atoms with van der Waals surface area (Å²) in [5.41, 5.74) is 3.19. The summed E-state index contributed by atoms with van der Waals surface area (Å²) in [6.07, 6.45) is 1.82. The maximum absolute atomic E-state index is 13.7. The van der Waals surface area contributed by atoms with Gasteiger partial charge in [-0.15, -0.1) is 0 Å².